The Hall–Kier alpha value is -1.59. The van der Waals surface area contributed by atoms with Gasteiger partial charge in [-0.05, 0) is 20.3 Å². The predicted molar refractivity (Wildman–Crippen MR) is 74.1 cm³/mol. The minimum absolute atomic E-state index is 0.00986. The lowest BCUT2D eigenvalue weighted by Gasteiger charge is -2.25. The zero-order chi connectivity index (χ0) is 15.3. The average Bonchev–Trinajstić information content (AvgIpc) is 2.62. The molecule has 0 radical (unpaired) electrons. The summed E-state index contributed by atoms with van der Waals surface area (Å²) in [6.07, 6.45) is 1.20. The molecule has 6 nitrogen and oxygen atoms in total. The van der Waals surface area contributed by atoms with E-state index in [4.69, 9.17) is 5.11 Å². The first-order valence-electron chi connectivity index (χ1n) is 7.07. The molecule has 1 aliphatic heterocycles. The fraction of sp³-hybridized carbons (Fsp3) is 0.786. The number of carbonyl (C=O) groups is 3. The van der Waals surface area contributed by atoms with Gasteiger partial charge in [0.25, 0.3) is 0 Å². The van der Waals surface area contributed by atoms with E-state index in [1.54, 1.807) is 23.6 Å². The van der Waals surface area contributed by atoms with Crippen molar-refractivity contribution in [1.29, 1.82) is 0 Å². The summed E-state index contributed by atoms with van der Waals surface area (Å²) in [4.78, 5) is 38.3. The zero-order valence-electron chi connectivity index (χ0n) is 12.5. The second-order valence-electron chi connectivity index (χ2n) is 5.83. The van der Waals surface area contributed by atoms with Crippen molar-refractivity contribution in [3.63, 3.8) is 0 Å². The number of amides is 2. The van der Waals surface area contributed by atoms with Crippen molar-refractivity contribution in [2.24, 2.45) is 5.41 Å². The van der Waals surface area contributed by atoms with Crippen LogP contribution in [-0.4, -0.2) is 58.9 Å². The van der Waals surface area contributed by atoms with Crippen molar-refractivity contribution in [2.75, 3.05) is 26.2 Å². The van der Waals surface area contributed by atoms with E-state index in [0.717, 1.165) is 6.42 Å². The number of carbonyl (C=O) groups excluding carboxylic acids is 2. The molecule has 1 heterocycles. The monoisotopic (exact) mass is 284 g/mol. The first-order valence-corrected chi connectivity index (χ1v) is 7.07. The smallest absolute Gasteiger partial charge is 0.309 e. The van der Waals surface area contributed by atoms with Gasteiger partial charge in [0.05, 0.1) is 5.41 Å². The fourth-order valence-electron chi connectivity index (χ4n) is 2.21. The molecule has 114 valence electrons. The van der Waals surface area contributed by atoms with Crippen LogP contribution < -0.4 is 0 Å². The Morgan fingerprint density at radius 1 is 1.00 bits per heavy atom. The highest BCUT2D eigenvalue weighted by molar-refractivity contribution is 5.84. The minimum atomic E-state index is -1.05. The van der Waals surface area contributed by atoms with Gasteiger partial charge in [0.15, 0.2) is 0 Å². The van der Waals surface area contributed by atoms with Gasteiger partial charge < -0.3 is 14.9 Å². The second-order valence-corrected chi connectivity index (χ2v) is 5.83. The van der Waals surface area contributed by atoms with Gasteiger partial charge in [-0.25, -0.2) is 0 Å². The molecule has 0 atom stereocenters. The Morgan fingerprint density at radius 2 is 1.50 bits per heavy atom. The molecule has 0 aliphatic carbocycles. The topological polar surface area (TPSA) is 77.9 Å². The molecule has 1 saturated heterocycles. The van der Waals surface area contributed by atoms with Crippen molar-refractivity contribution in [2.45, 2.75) is 40.0 Å². The van der Waals surface area contributed by atoms with Crippen LogP contribution in [0.1, 0.15) is 40.0 Å². The SMILES string of the molecule is CCC(=O)N1CCCN(C(=O)CC(C)(C)C(=O)O)CC1. The van der Waals surface area contributed by atoms with Gasteiger partial charge in [-0.15, -0.1) is 0 Å². The molecule has 1 fully saturated rings. The predicted octanol–water partition coefficient (Wildman–Crippen LogP) is 0.958. The highest BCUT2D eigenvalue weighted by Crippen LogP contribution is 2.22. The summed E-state index contributed by atoms with van der Waals surface area (Å²) in [5.74, 6) is -1.02. The number of aliphatic carboxylic acids is 1. The Balaban J connectivity index is 2.59. The molecule has 0 aromatic carbocycles. The normalized spacial score (nSPS) is 16.8. The Morgan fingerprint density at radius 3 is 1.95 bits per heavy atom. The third kappa shape index (κ3) is 4.21. The molecule has 6 heteroatoms. The maximum atomic E-state index is 12.2. The lowest BCUT2D eigenvalue weighted by Crippen LogP contribution is -2.39. The highest BCUT2D eigenvalue weighted by atomic mass is 16.4. The summed E-state index contributed by atoms with van der Waals surface area (Å²) in [5, 5.41) is 9.07. The van der Waals surface area contributed by atoms with Crippen LogP contribution in [0.3, 0.4) is 0 Å². The molecule has 0 aromatic heterocycles. The number of nitrogens with zero attached hydrogens (tertiary/aromatic N) is 2. The number of hydrogen-bond acceptors (Lipinski definition) is 3. The van der Waals surface area contributed by atoms with E-state index in [1.165, 1.54) is 0 Å². The molecule has 20 heavy (non-hydrogen) atoms. The highest BCUT2D eigenvalue weighted by Gasteiger charge is 2.32. The van der Waals surface area contributed by atoms with Crippen molar-refractivity contribution in [3.8, 4) is 0 Å². The van der Waals surface area contributed by atoms with Gasteiger partial charge in [0, 0.05) is 39.0 Å². The summed E-state index contributed by atoms with van der Waals surface area (Å²) in [6, 6.07) is 0. The summed E-state index contributed by atoms with van der Waals surface area (Å²) >= 11 is 0. The Bertz CT molecular complexity index is 393. The second kappa shape index (κ2) is 6.72. The van der Waals surface area contributed by atoms with Crippen molar-refractivity contribution in [3.05, 3.63) is 0 Å². The third-order valence-electron chi connectivity index (χ3n) is 3.68. The molecule has 1 rings (SSSR count). The van der Waals surface area contributed by atoms with Gasteiger partial charge >= 0.3 is 5.97 Å². The Kier molecular flexibility index (Phi) is 5.53. The van der Waals surface area contributed by atoms with E-state index in [9.17, 15) is 14.4 Å². The van der Waals surface area contributed by atoms with Crippen LogP contribution in [0.25, 0.3) is 0 Å². The summed E-state index contributed by atoms with van der Waals surface area (Å²) in [6.45, 7) is 7.20. The molecule has 0 spiro atoms. The van der Waals surface area contributed by atoms with Crippen LogP contribution in [-0.2, 0) is 14.4 Å². The number of carboxylic acids is 1. The van der Waals surface area contributed by atoms with Gasteiger partial charge in [0.2, 0.25) is 11.8 Å². The van der Waals surface area contributed by atoms with E-state index < -0.39 is 11.4 Å². The first-order chi connectivity index (χ1) is 9.27. The fourth-order valence-corrected chi connectivity index (χ4v) is 2.21. The number of carboxylic acid groups (broad SMARTS) is 1. The molecule has 1 N–H and O–H groups in total. The van der Waals surface area contributed by atoms with Gasteiger partial charge in [0.1, 0.15) is 0 Å². The molecule has 0 saturated carbocycles. The van der Waals surface area contributed by atoms with Crippen LogP contribution in [0.2, 0.25) is 0 Å². The van der Waals surface area contributed by atoms with Crippen molar-refractivity contribution in [1.82, 2.24) is 9.80 Å². The quantitative estimate of drug-likeness (QED) is 0.834. The van der Waals surface area contributed by atoms with Crippen LogP contribution >= 0.6 is 0 Å². The minimum Gasteiger partial charge on any atom is -0.481 e. The van der Waals surface area contributed by atoms with Crippen LogP contribution in [0.5, 0.6) is 0 Å². The summed E-state index contributed by atoms with van der Waals surface area (Å²) in [7, 11) is 0. The molecular weight excluding hydrogens is 260 g/mol. The number of rotatable bonds is 4. The molecule has 0 bridgehead atoms. The van der Waals surface area contributed by atoms with Crippen LogP contribution in [0.4, 0.5) is 0 Å². The van der Waals surface area contributed by atoms with Crippen molar-refractivity contribution >= 4 is 17.8 Å². The lowest BCUT2D eigenvalue weighted by atomic mass is 9.89. The lowest BCUT2D eigenvalue weighted by molar-refractivity contribution is -0.151. The Labute approximate surface area is 119 Å². The van der Waals surface area contributed by atoms with E-state index in [0.29, 0.717) is 32.6 Å². The molecule has 1 aliphatic rings. The van der Waals surface area contributed by atoms with E-state index in [2.05, 4.69) is 0 Å². The maximum Gasteiger partial charge on any atom is 0.309 e. The zero-order valence-corrected chi connectivity index (χ0v) is 12.5. The largest absolute Gasteiger partial charge is 0.481 e. The van der Waals surface area contributed by atoms with Crippen molar-refractivity contribution < 1.29 is 19.5 Å². The van der Waals surface area contributed by atoms with Crippen LogP contribution in [0, 0.1) is 5.41 Å². The molecule has 0 aromatic rings. The summed E-state index contributed by atoms with van der Waals surface area (Å²) < 4.78 is 0. The van der Waals surface area contributed by atoms with Crippen LogP contribution in [0.15, 0.2) is 0 Å². The average molecular weight is 284 g/mol. The molecule has 0 unspecified atom stereocenters. The maximum absolute atomic E-state index is 12.2. The van der Waals surface area contributed by atoms with Gasteiger partial charge in [-0.3, -0.25) is 14.4 Å². The number of hydrogen-bond donors (Lipinski definition) is 1. The van der Waals surface area contributed by atoms with Gasteiger partial charge in [-0.1, -0.05) is 6.92 Å². The first kappa shape index (κ1) is 16.5. The van der Waals surface area contributed by atoms with E-state index >= 15 is 0 Å². The molecular formula is C14H24N2O4. The summed E-state index contributed by atoms with van der Waals surface area (Å²) in [5.41, 5.74) is -1.05. The standard InChI is InChI=1S/C14H24N2O4/c1-4-11(17)15-6-5-7-16(9-8-15)12(18)10-14(2,3)13(19)20/h4-10H2,1-3H3,(H,19,20). The third-order valence-corrected chi connectivity index (χ3v) is 3.68. The van der Waals surface area contributed by atoms with Gasteiger partial charge in [-0.2, -0.15) is 0 Å². The van der Waals surface area contributed by atoms with E-state index in [-0.39, 0.29) is 18.2 Å². The molecule has 2 amide bonds. The van der Waals surface area contributed by atoms with E-state index in [1.807, 2.05) is 6.92 Å².